The van der Waals surface area contributed by atoms with Gasteiger partial charge >= 0.3 is 0 Å². The third kappa shape index (κ3) is 1.69. The Kier molecular flexibility index (Phi) is 2.20. The minimum absolute atomic E-state index is 0.560. The zero-order valence-electron chi connectivity index (χ0n) is 5.92. The summed E-state index contributed by atoms with van der Waals surface area (Å²) in [6.07, 6.45) is 2.21. The lowest BCUT2D eigenvalue weighted by Crippen LogP contribution is -1.85. The van der Waals surface area contributed by atoms with E-state index >= 15 is 0 Å². The first kappa shape index (κ1) is 6.99. The number of nitrogens with zero attached hydrogens (tertiary/aromatic N) is 1. The predicted molar refractivity (Wildman–Crippen MR) is 37.7 cm³/mol. The summed E-state index contributed by atoms with van der Waals surface area (Å²) in [5.74, 6) is 0. The zero-order valence-corrected chi connectivity index (χ0v) is 5.92. The molecule has 0 fully saturated rings. The molecule has 10 heavy (non-hydrogen) atoms. The maximum Gasteiger partial charge on any atom is 0.120 e. The van der Waals surface area contributed by atoms with Crippen LogP contribution in [0.4, 0.5) is 0 Å². The summed E-state index contributed by atoms with van der Waals surface area (Å²) in [5.41, 5.74) is 2.01. The summed E-state index contributed by atoms with van der Waals surface area (Å²) in [7, 11) is 0. The van der Waals surface area contributed by atoms with E-state index in [0.717, 1.165) is 24.1 Å². The molecule has 0 aliphatic heterocycles. The molecule has 0 unspecified atom stereocenters. The van der Waals surface area contributed by atoms with Crippen molar-refractivity contribution in [3.05, 3.63) is 17.5 Å². The van der Waals surface area contributed by atoms with Gasteiger partial charge in [0.1, 0.15) is 6.29 Å². The molecule has 0 atom stereocenters. The van der Waals surface area contributed by atoms with E-state index in [4.69, 9.17) is 0 Å². The van der Waals surface area contributed by atoms with Crippen LogP contribution in [0, 0.1) is 6.92 Å². The number of rotatable bonds is 3. The zero-order chi connectivity index (χ0) is 7.40. The number of carbonyl (C=O) groups is 1. The third-order valence-corrected chi connectivity index (χ3v) is 1.28. The van der Waals surface area contributed by atoms with Crippen LogP contribution in [0.15, 0.2) is 6.07 Å². The van der Waals surface area contributed by atoms with Crippen molar-refractivity contribution in [1.29, 1.82) is 0 Å². The monoisotopic (exact) mass is 138 g/mol. The predicted octanol–water partition coefficient (Wildman–Crippen LogP) is 0.850. The molecule has 0 saturated heterocycles. The van der Waals surface area contributed by atoms with E-state index < -0.39 is 0 Å². The number of hydrogen-bond donors (Lipinski definition) is 1. The first-order chi connectivity index (χ1) is 4.83. The standard InChI is InChI=1S/C7H10N2O/c1-6-5-7(9-8-6)3-2-4-10/h4-5H,2-3H2,1H3,(H,8,9). The molecule has 0 bridgehead atoms. The quantitative estimate of drug-likeness (QED) is 0.629. The molecule has 54 valence electrons. The second-order valence-corrected chi connectivity index (χ2v) is 2.25. The lowest BCUT2D eigenvalue weighted by atomic mass is 10.2. The Morgan fingerprint density at radius 2 is 2.60 bits per heavy atom. The normalized spacial score (nSPS) is 9.70. The molecule has 1 aromatic heterocycles. The number of aryl methyl sites for hydroxylation is 2. The molecule has 0 radical (unpaired) electrons. The van der Waals surface area contributed by atoms with Gasteiger partial charge < -0.3 is 4.79 Å². The Morgan fingerprint density at radius 3 is 3.10 bits per heavy atom. The number of H-pyrrole nitrogens is 1. The minimum Gasteiger partial charge on any atom is -0.303 e. The molecular formula is C7H10N2O. The van der Waals surface area contributed by atoms with Crippen LogP contribution in [0.2, 0.25) is 0 Å². The molecule has 0 aliphatic rings. The van der Waals surface area contributed by atoms with Crippen molar-refractivity contribution in [1.82, 2.24) is 10.2 Å². The molecule has 0 spiro atoms. The van der Waals surface area contributed by atoms with E-state index in [1.165, 1.54) is 0 Å². The highest BCUT2D eigenvalue weighted by molar-refractivity contribution is 5.49. The fourth-order valence-electron chi connectivity index (χ4n) is 0.809. The van der Waals surface area contributed by atoms with Crippen molar-refractivity contribution in [2.45, 2.75) is 19.8 Å². The van der Waals surface area contributed by atoms with Crippen LogP contribution in [-0.4, -0.2) is 16.5 Å². The second kappa shape index (κ2) is 3.15. The van der Waals surface area contributed by atoms with E-state index in [-0.39, 0.29) is 0 Å². The number of aromatic amines is 1. The molecule has 3 heteroatoms. The van der Waals surface area contributed by atoms with Gasteiger partial charge in [0.15, 0.2) is 0 Å². The summed E-state index contributed by atoms with van der Waals surface area (Å²) in [4.78, 5) is 9.95. The Labute approximate surface area is 59.4 Å². The highest BCUT2D eigenvalue weighted by atomic mass is 16.1. The molecule has 0 aromatic carbocycles. The Bertz CT molecular complexity index is 217. The first-order valence-electron chi connectivity index (χ1n) is 3.27. The average Bonchev–Trinajstić information content (AvgIpc) is 2.31. The number of aldehydes is 1. The summed E-state index contributed by atoms with van der Waals surface area (Å²) in [6, 6.07) is 1.95. The van der Waals surface area contributed by atoms with E-state index in [1.54, 1.807) is 0 Å². The van der Waals surface area contributed by atoms with Gasteiger partial charge in [0.2, 0.25) is 0 Å². The Balaban J connectivity index is 2.49. The molecule has 1 rings (SSSR count). The highest BCUT2D eigenvalue weighted by Gasteiger charge is 1.94. The number of hydrogen-bond acceptors (Lipinski definition) is 2. The van der Waals surface area contributed by atoms with Crippen molar-refractivity contribution in [2.75, 3.05) is 0 Å². The first-order valence-corrected chi connectivity index (χ1v) is 3.27. The van der Waals surface area contributed by atoms with Gasteiger partial charge in [-0.3, -0.25) is 5.10 Å². The maximum atomic E-state index is 9.95. The van der Waals surface area contributed by atoms with Gasteiger partial charge in [-0.05, 0) is 19.4 Å². The summed E-state index contributed by atoms with van der Waals surface area (Å²) < 4.78 is 0. The Morgan fingerprint density at radius 1 is 1.80 bits per heavy atom. The van der Waals surface area contributed by atoms with E-state index in [9.17, 15) is 4.79 Å². The molecule has 1 aromatic rings. The van der Waals surface area contributed by atoms with Crippen molar-refractivity contribution < 1.29 is 4.79 Å². The summed E-state index contributed by atoms with van der Waals surface area (Å²) in [5, 5.41) is 6.78. The van der Waals surface area contributed by atoms with Crippen LogP contribution in [-0.2, 0) is 11.2 Å². The van der Waals surface area contributed by atoms with Gasteiger partial charge in [0.25, 0.3) is 0 Å². The molecule has 1 N–H and O–H groups in total. The van der Waals surface area contributed by atoms with E-state index in [0.29, 0.717) is 6.42 Å². The van der Waals surface area contributed by atoms with Gasteiger partial charge in [-0.1, -0.05) is 0 Å². The number of nitrogens with one attached hydrogen (secondary N) is 1. The molecule has 0 amide bonds. The average molecular weight is 138 g/mol. The third-order valence-electron chi connectivity index (χ3n) is 1.28. The smallest absolute Gasteiger partial charge is 0.120 e. The number of aromatic nitrogens is 2. The van der Waals surface area contributed by atoms with Crippen LogP contribution in [0.1, 0.15) is 17.8 Å². The van der Waals surface area contributed by atoms with Crippen LogP contribution in [0.5, 0.6) is 0 Å². The molecule has 1 heterocycles. The van der Waals surface area contributed by atoms with E-state index in [1.807, 2.05) is 13.0 Å². The summed E-state index contributed by atoms with van der Waals surface area (Å²) in [6.45, 7) is 1.94. The maximum absolute atomic E-state index is 9.95. The second-order valence-electron chi connectivity index (χ2n) is 2.25. The van der Waals surface area contributed by atoms with Crippen LogP contribution < -0.4 is 0 Å². The van der Waals surface area contributed by atoms with Gasteiger partial charge in [0.05, 0.1) is 5.69 Å². The fourth-order valence-corrected chi connectivity index (χ4v) is 0.809. The van der Waals surface area contributed by atoms with Gasteiger partial charge in [0, 0.05) is 12.1 Å². The Hall–Kier alpha value is -1.12. The largest absolute Gasteiger partial charge is 0.303 e. The molecule has 0 saturated carbocycles. The highest BCUT2D eigenvalue weighted by Crippen LogP contribution is 1.99. The topological polar surface area (TPSA) is 45.8 Å². The lowest BCUT2D eigenvalue weighted by Gasteiger charge is -1.84. The lowest BCUT2D eigenvalue weighted by molar-refractivity contribution is -0.107. The SMILES string of the molecule is Cc1cc(CCC=O)n[nH]1. The van der Waals surface area contributed by atoms with Crippen molar-refractivity contribution >= 4 is 6.29 Å². The van der Waals surface area contributed by atoms with Gasteiger partial charge in [-0.15, -0.1) is 0 Å². The van der Waals surface area contributed by atoms with E-state index in [2.05, 4.69) is 10.2 Å². The van der Waals surface area contributed by atoms with Crippen LogP contribution in [0.25, 0.3) is 0 Å². The minimum atomic E-state index is 0.560. The van der Waals surface area contributed by atoms with Crippen LogP contribution >= 0.6 is 0 Å². The molecule has 0 aliphatic carbocycles. The molecular weight excluding hydrogens is 128 g/mol. The number of carbonyl (C=O) groups excluding carboxylic acids is 1. The van der Waals surface area contributed by atoms with Crippen molar-refractivity contribution in [3.63, 3.8) is 0 Å². The van der Waals surface area contributed by atoms with Gasteiger partial charge in [-0.25, -0.2) is 0 Å². The fraction of sp³-hybridized carbons (Fsp3) is 0.429. The van der Waals surface area contributed by atoms with Crippen LogP contribution in [0.3, 0.4) is 0 Å². The van der Waals surface area contributed by atoms with Crippen molar-refractivity contribution in [2.24, 2.45) is 0 Å². The summed E-state index contributed by atoms with van der Waals surface area (Å²) >= 11 is 0. The van der Waals surface area contributed by atoms with Crippen molar-refractivity contribution in [3.8, 4) is 0 Å². The molecule has 3 nitrogen and oxygen atoms in total. The van der Waals surface area contributed by atoms with Gasteiger partial charge in [-0.2, -0.15) is 5.10 Å².